The Labute approximate surface area is 103 Å². The Balaban J connectivity index is 2.28. The molecule has 0 atom stereocenters. The summed E-state index contributed by atoms with van der Waals surface area (Å²) in [5, 5.41) is 0. The summed E-state index contributed by atoms with van der Waals surface area (Å²) in [5.41, 5.74) is 7.29. The molecule has 0 amide bonds. The van der Waals surface area contributed by atoms with E-state index in [0.29, 0.717) is 0 Å². The van der Waals surface area contributed by atoms with Gasteiger partial charge in [-0.1, -0.05) is 12.1 Å². The molecule has 1 aliphatic heterocycles. The Morgan fingerprint density at radius 2 is 2.12 bits per heavy atom. The van der Waals surface area contributed by atoms with Gasteiger partial charge in [0.1, 0.15) is 5.75 Å². The van der Waals surface area contributed by atoms with Crippen LogP contribution in [0.15, 0.2) is 24.3 Å². The molecule has 0 aromatic heterocycles. The zero-order chi connectivity index (χ0) is 12.5. The van der Waals surface area contributed by atoms with Gasteiger partial charge in [-0.3, -0.25) is 0 Å². The van der Waals surface area contributed by atoms with E-state index < -0.39 is 0 Å². The molecule has 3 nitrogen and oxygen atoms in total. The molecule has 0 radical (unpaired) electrons. The van der Waals surface area contributed by atoms with Gasteiger partial charge in [0.2, 0.25) is 0 Å². The third-order valence-electron chi connectivity index (χ3n) is 3.23. The van der Waals surface area contributed by atoms with Crippen molar-refractivity contribution < 1.29 is 9.47 Å². The molecule has 0 bridgehead atoms. The first kappa shape index (κ1) is 12.4. The summed E-state index contributed by atoms with van der Waals surface area (Å²) < 4.78 is 10.7. The van der Waals surface area contributed by atoms with E-state index >= 15 is 0 Å². The minimum atomic E-state index is -0.188. The van der Waals surface area contributed by atoms with Gasteiger partial charge in [-0.25, -0.2) is 0 Å². The summed E-state index contributed by atoms with van der Waals surface area (Å²) in [7, 11) is 1.69. The van der Waals surface area contributed by atoms with Crippen molar-refractivity contribution in [1.29, 1.82) is 0 Å². The molecular formula is C14H21NO2. The fourth-order valence-electron chi connectivity index (χ4n) is 2.54. The van der Waals surface area contributed by atoms with Gasteiger partial charge in [0.25, 0.3) is 0 Å². The van der Waals surface area contributed by atoms with Crippen molar-refractivity contribution in [2.24, 2.45) is 5.73 Å². The van der Waals surface area contributed by atoms with E-state index in [4.69, 9.17) is 15.2 Å². The third-order valence-corrected chi connectivity index (χ3v) is 3.23. The lowest BCUT2D eigenvalue weighted by molar-refractivity contribution is -0.0719. The number of hydrogen-bond donors (Lipinski definition) is 1. The van der Waals surface area contributed by atoms with E-state index in [1.54, 1.807) is 7.11 Å². The van der Waals surface area contributed by atoms with E-state index in [1.807, 2.05) is 12.1 Å². The number of benzene rings is 1. The molecule has 0 unspecified atom stereocenters. The smallest absolute Gasteiger partial charge is 0.119 e. The lowest BCUT2D eigenvalue weighted by atomic mass is 9.71. The topological polar surface area (TPSA) is 44.5 Å². The van der Waals surface area contributed by atoms with Crippen LogP contribution in [0.5, 0.6) is 5.75 Å². The molecule has 94 valence electrons. The molecule has 0 spiro atoms. The van der Waals surface area contributed by atoms with Crippen molar-refractivity contribution in [2.75, 3.05) is 20.3 Å². The normalized spacial score (nSPS) is 18.6. The largest absolute Gasteiger partial charge is 0.497 e. The average Bonchev–Trinajstić information content (AvgIpc) is 2.22. The summed E-state index contributed by atoms with van der Waals surface area (Å²) in [6.45, 7) is 5.63. The molecule has 2 N–H and O–H groups in total. The van der Waals surface area contributed by atoms with Crippen molar-refractivity contribution >= 4 is 0 Å². The molecule has 3 heteroatoms. The maximum absolute atomic E-state index is 6.15. The lowest BCUT2D eigenvalue weighted by Crippen LogP contribution is -2.53. The van der Waals surface area contributed by atoms with Crippen molar-refractivity contribution in [3.8, 4) is 5.75 Å². The van der Waals surface area contributed by atoms with Gasteiger partial charge >= 0.3 is 0 Å². The monoisotopic (exact) mass is 235 g/mol. The molecule has 1 aromatic rings. The standard InChI is InChI=1S/C14H21NO2/c1-13(2,15)8-14(9-17-10-14)11-5-4-6-12(7-11)16-3/h4-7H,8-10,15H2,1-3H3. The molecule has 1 fully saturated rings. The maximum atomic E-state index is 6.15. The Kier molecular flexibility index (Phi) is 3.15. The first-order valence-corrected chi connectivity index (χ1v) is 5.96. The van der Waals surface area contributed by atoms with Gasteiger partial charge in [0.05, 0.1) is 20.3 Å². The molecule has 2 rings (SSSR count). The van der Waals surface area contributed by atoms with Gasteiger partial charge in [-0.05, 0) is 38.0 Å². The minimum absolute atomic E-state index is 0.0623. The van der Waals surface area contributed by atoms with E-state index in [0.717, 1.165) is 25.4 Å². The van der Waals surface area contributed by atoms with Crippen molar-refractivity contribution in [1.82, 2.24) is 0 Å². The second-order valence-electron chi connectivity index (χ2n) is 5.67. The number of hydrogen-bond acceptors (Lipinski definition) is 3. The van der Waals surface area contributed by atoms with Gasteiger partial charge in [-0.15, -0.1) is 0 Å². The van der Waals surface area contributed by atoms with Crippen LogP contribution in [-0.2, 0) is 10.2 Å². The number of ether oxygens (including phenoxy) is 2. The Morgan fingerprint density at radius 3 is 2.59 bits per heavy atom. The second kappa shape index (κ2) is 4.31. The van der Waals surface area contributed by atoms with Crippen molar-refractivity contribution in [3.05, 3.63) is 29.8 Å². The SMILES string of the molecule is COc1cccc(C2(CC(C)(C)N)COC2)c1. The highest BCUT2D eigenvalue weighted by atomic mass is 16.5. The van der Waals surface area contributed by atoms with Crippen LogP contribution in [0.2, 0.25) is 0 Å². The summed E-state index contributed by atoms with van der Waals surface area (Å²) in [5.74, 6) is 0.892. The van der Waals surface area contributed by atoms with Crippen LogP contribution >= 0.6 is 0 Å². The van der Waals surface area contributed by atoms with E-state index in [9.17, 15) is 0 Å². The zero-order valence-electron chi connectivity index (χ0n) is 10.8. The van der Waals surface area contributed by atoms with Crippen molar-refractivity contribution in [3.63, 3.8) is 0 Å². The fourth-order valence-corrected chi connectivity index (χ4v) is 2.54. The molecule has 0 saturated carbocycles. The lowest BCUT2D eigenvalue weighted by Gasteiger charge is -2.45. The fraction of sp³-hybridized carbons (Fsp3) is 0.571. The summed E-state index contributed by atoms with van der Waals surface area (Å²) in [4.78, 5) is 0. The molecule has 17 heavy (non-hydrogen) atoms. The average molecular weight is 235 g/mol. The van der Waals surface area contributed by atoms with Gasteiger partial charge in [0, 0.05) is 11.0 Å². The Hall–Kier alpha value is -1.06. The molecule has 1 saturated heterocycles. The van der Waals surface area contributed by atoms with Crippen LogP contribution in [0.25, 0.3) is 0 Å². The van der Waals surface area contributed by atoms with Crippen LogP contribution in [0.3, 0.4) is 0 Å². The Bertz CT molecular complexity index is 391. The zero-order valence-corrected chi connectivity index (χ0v) is 10.8. The first-order chi connectivity index (χ1) is 7.95. The molecule has 0 aliphatic carbocycles. The summed E-state index contributed by atoms with van der Waals surface area (Å²) in [6.07, 6.45) is 0.924. The van der Waals surface area contributed by atoms with Crippen molar-refractivity contribution in [2.45, 2.75) is 31.2 Å². The minimum Gasteiger partial charge on any atom is -0.497 e. The second-order valence-corrected chi connectivity index (χ2v) is 5.67. The highest BCUT2D eigenvalue weighted by Crippen LogP contribution is 2.39. The van der Waals surface area contributed by atoms with Crippen LogP contribution in [-0.4, -0.2) is 25.9 Å². The predicted molar refractivity (Wildman–Crippen MR) is 68.4 cm³/mol. The van der Waals surface area contributed by atoms with Gasteiger partial charge < -0.3 is 15.2 Å². The van der Waals surface area contributed by atoms with E-state index in [2.05, 4.69) is 26.0 Å². The van der Waals surface area contributed by atoms with Crippen LogP contribution in [0.1, 0.15) is 25.8 Å². The number of nitrogens with two attached hydrogens (primary N) is 1. The Morgan fingerprint density at radius 1 is 1.41 bits per heavy atom. The number of methoxy groups -OCH3 is 1. The van der Waals surface area contributed by atoms with Crippen LogP contribution < -0.4 is 10.5 Å². The van der Waals surface area contributed by atoms with Crippen LogP contribution in [0.4, 0.5) is 0 Å². The third kappa shape index (κ3) is 2.61. The first-order valence-electron chi connectivity index (χ1n) is 5.96. The quantitative estimate of drug-likeness (QED) is 0.869. The van der Waals surface area contributed by atoms with Gasteiger partial charge in [-0.2, -0.15) is 0 Å². The van der Waals surface area contributed by atoms with E-state index in [1.165, 1.54) is 5.56 Å². The molecule has 1 aliphatic rings. The van der Waals surface area contributed by atoms with Gasteiger partial charge in [0.15, 0.2) is 0 Å². The molecule has 1 heterocycles. The maximum Gasteiger partial charge on any atom is 0.119 e. The highest BCUT2D eigenvalue weighted by molar-refractivity contribution is 5.36. The van der Waals surface area contributed by atoms with E-state index in [-0.39, 0.29) is 11.0 Å². The summed E-state index contributed by atoms with van der Waals surface area (Å²) in [6, 6.07) is 8.22. The summed E-state index contributed by atoms with van der Waals surface area (Å²) >= 11 is 0. The van der Waals surface area contributed by atoms with Crippen LogP contribution in [0, 0.1) is 0 Å². The molecule has 1 aromatic carbocycles. The highest BCUT2D eigenvalue weighted by Gasteiger charge is 2.43. The predicted octanol–water partition coefficient (Wildman–Crippen LogP) is 2.09. The molecular weight excluding hydrogens is 214 g/mol. The number of rotatable bonds is 4.